The number of hydrogen-bond acceptors (Lipinski definition) is 5. The zero-order valence-corrected chi connectivity index (χ0v) is 15.9. The third-order valence-corrected chi connectivity index (χ3v) is 4.38. The highest BCUT2D eigenvalue weighted by molar-refractivity contribution is 6.07. The van der Waals surface area contributed by atoms with Gasteiger partial charge in [-0.1, -0.05) is 33.1 Å². The minimum Gasteiger partial charge on any atom is -0.383 e. The molecular weight excluding hydrogens is 346 g/mol. The van der Waals surface area contributed by atoms with Crippen LogP contribution in [0.3, 0.4) is 0 Å². The fourth-order valence-corrected chi connectivity index (χ4v) is 2.86. The Labute approximate surface area is 158 Å². The van der Waals surface area contributed by atoms with Gasteiger partial charge in [-0.25, -0.2) is 4.79 Å². The highest BCUT2D eigenvalue weighted by atomic mass is 16.2. The molecule has 27 heavy (non-hydrogen) atoms. The van der Waals surface area contributed by atoms with Gasteiger partial charge in [0.25, 0.3) is 11.5 Å². The fraction of sp³-hybridized carbons (Fsp3) is 0.474. The molecule has 0 aliphatic carbocycles. The number of H-pyrrole nitrogens is 1. The molecule has 8 nitrogen and oxygen atoms in total. The highest BCUT2D eigenvalue weighted by Crippen LogP contribution is 2.20. The van der Waals surface area contributed by atoms with Gasteiger partial charge in [0.1, 0.15) is 5.82 Å². The summed E-state index contributed by atoms with van der Waals surface area (Å²) in [7, 11) is 0. The number of aromatic nitrogens is 3. The SMILES string of the molecule is CCCCCN(C(=O)c1ccncc1)c1c(N)n(CCCC)c(=O)[nH]c1=O. The van der Waals surface area contributed by atoms with Crippen LogP contribution in [-0.4, -0.2) is 27.0 Å². The number of anilines is 2. The summed E-state index contributed by atoms with van der Waals surface area (Å²) in [6, 6.07) is 3.18. The standard InChI is InChI=1S/C19H27N5O3/c1-3-5-7-13-23(18(26)14-8-10-21-11-9-14)15-16(20)24(12-6-4-2)19(27)22-17(15)25/h8-11H,3-7,12-13,20H2,1-2H3,(H,22,25,27). The Morgan fingerprint density at radius 2 is 1.81 bits per heavy atom. The molecule has 0 spiro atoms. The number of amides is 1. The number of pyridine rings is 1. The van der Waals surface area contributed by atoms with Crippen molar-refractivity contribution in [3.8, 4) is 0 Å². The quantitative estimate of drug-likeness (QED) is 0.654. The smallest absolute Gasteiger partial charge is 0.330 e. The molecule has 0 aliphatic heterocycles. The molecule has 0 saturated carbocycles. The van der Waals surface area contributed by atoms with Crippen LogP contribution in [0.4, 0.5) is 11.5 Å². The van der Waals surface area contributed by atoms with Gasteiger partial charge in [0.15, 0.2) is 5.69 Å². The van der Waals surface area contributed by atoms with Gasteiger partial charge in [-0.2, -0.15) is 0 Å². The van der Waals surface area contributed by atoms with Gasteiger partial charge in [-0.3, -0.25) is 24.1 Å². The number of unbranched alkanes of at least 4 members (excludes halogenated alkanes) is 3. The van der Waals surface area contributed by atoms with Gasteiger partial charge in [-0.15, -0.1) is 0 Å². The third-order valence-electron chi connectivity index (χ3n) is 4.38. The van der Waals surface area contributed by atoms with Crippen molar-refractivity contribution >= 4 is 17.4 Å². The van der Waals surface area contributed by atoms with Crippen LogP contribution in [0.5, 0.6) is 0 Å². The van der Waals surface area contributed by atoms with E-state index in [0.717, 1.165) is 32.1 Å². The van der Waals surface area contributed by atoms with E-state index in [2.05, 4.69) is 16.9 Å². The number of rotatable bonds is 9. The van der Waals surface area contributed by atoms with Crippen molar-refractivity contribution in [3.63, 3.8) is 0 Å². The lowest BCUT2D eigenvalue weighted by Crippen LogP contribution is -2.41. The van der Waals surface area contributed by atoms with E-state index < -0.39 is 11.2 Å². The Hall–Kier alpha value is -2.90. The average molecular weight is 373 g/mol. The predicted molar refractivity (Wildman–Crippen MR) is 106 cm³/mol. The monoisotopic (exact) mass is 373 g/mol. The Morgan fingerprint density at radius 3 is 2.44 bits per heavy atom. The van der Waals surface area contributed by atoms with Crippen LogP contribution in [0.2, 0.25) is 0 Å². The van der Waals surface area contributed by atoms with Crippen LogP contribution in [0, 0.1) is 0 Å². The van der Waals surface area contributed by atoms with Crippen LogP contribution < -0.4 is 21.9 Å². The molecular formula is C19H27N5O3. The third kappa shape index (κ3) is 4.84. The molecule has 0 saturated heterocycles. The summed E-state index contributed by atoms with van der Waals surface area (Å²) >= 11 is 0. The minimum absolute atomic E-state index is 0.0242. The first-order chi connectivity index (χ1) is 13.0. The number of aromatic amines is 1. The molecule has 0 aliphatic rings. The van der Waals surface area contributed by atoms with E-state index in [1.807, 2.05) is 6.92 Å². The minimum atomic E-state index is -0.649. The van der Waals surface area contributed by atoms with Crippen molar-refractivity contribution in [1.82, 2.24) is 14.5 Å². The van der Waals surface area contributed by atoms with Crippen LogP contribution in [0.15, 0.2) is 34.1 Å². The Kier molecular flexibility index (Phi) is 7.34. The summed E-state index contributed by atoms with van der Waals surface area (Å²) in [5, 5.41) is 0. The topological polar surface area (TPSA) is 114 Å². The van der Waals surface area contributed by atoms with Gasteiger partial charge >= 0.3 is 5.69 Å². The van der Waals surface area contributed by atoms with Crippen LogP contribution in [0.1, 0.15) is 56.3 Å². The molecule has 1 amide bonds. The summed E-state index contributed by atoms with van der Waals surface area (Å²) in [5.41, 5.74) is 5.42. The fourth-order valence-electron chi connectivity index (χ4n) is 2.86. The van der Waals surface area contributed by atoms with Gasteiger partial charge in [0.2, 0.25) is 0 Å². The van der Waals surface area contributed by atoms with Crippen molar-refractivity contribution in [2.24, 2.45) is 0 Å². The maximum absolute atomic E-state index is 13.1. The van der Waals surface area contributed by atoms with E-state index in [0.29, 0.717) is 18.7 Å². The Balaban J connectivity index is 2.53. The first kappa shape index (κ1) is 20.4. The molecule has 2 heterocycles. The van der Waals surface area contributed by atoms with Crippen molar-refractivity contribution in [2.75, 3.05) is 17.2 Å². The summed E-state index contributed by atoms with van der Waals surface area (Å²) in [6.07, 6.45) is 7.26. The number of nitrogens with zero attached hydrogens (tertiary/aromatic N) is 3. The molecule has 146 valence electrons. The van der Waals surface area contributed by atoms with E-state index in [4.69, 9.17) is 5.73 Å². The van der Waals surface area contributed by atoms with E-state index in [1.165, 1.54) is 21.9 Å². The molecule has 0 bridgehead atoms. The maximum Gasteiger partial charge on any atom is 0.330 e. The Bertz CT molecular complexity index is 873. The first-order valence-electron chi connectivity index (χ1n) is 9.35. The number of carbonyl (C=O) groups excluding carboxylic acids is 1. The molecule has 3 N–H and O–H groups in total. The van der Waals surface area contributed by atoms with E-state index in [1.54, 1.807) is 12.1 Å². The molecule has 2 rings (SSSR count). The summed E-state index contributed by atoms with van der Waals surface area (Å²) in [4.78, 5) is 45.4. The number of hydrogen-bond donors (Lipinski definition) is 2. The summed E-state index contributed by atoms with van der Waals surface area (Å²) < 4.78 is 1.33. The average Bonchev–Trinajstić information content (AvgIpc) is 2.66. The van der Waals surface area contributed by atoms with Crippen molar-refractivity contribution in [2.45, 2.75) is 52.5 Å². The molecule has 0 aromatic carbocycles. The Morgan fingerprint density at radius 1 is 1.15 bits per heavy atom. The lowest BCUT2D eigenvalue weighted by molar-refractivity contribution is 0.0986. The zero-order chi connectivity index (χ0) is 19.8. The number of nitrogens with two attached hydrogens (primary N) is 1. The van der Waals surface area contributed by atoms with Gasteiger partial charge < -0.3 is 10.6 Å². The first-order valence-corrected chi connectivity index (χ1v) is 9.35. The van der Waals surface area contributed by atoms with Gasteiger partial charge in [0, 0.05) is 31.0 Å². The maximum atomic E-state index is 13.1. The van der Waals surface area contributed by atoms with Crippen LogP contribution >= 0.6 is 0 Å². The largest absolute Gasteiger partial charge is 0.383 e. The van der Waals surface area contributed by atoms with Crippen molar-refractivity contribution < 1.29 is 4.79 Å². The second-order valence-electron chi connectivity index (χ2n) is 6.40. The molecule has 2 aromatic rings. The van der Waals surface area contributed by atoms with Crippen molar-refractivity contribution in [1.29, 1.82) is 0 Å². The highest BCUT2D eigenvalue weighted by Gasteiger charge is 2.24. The molecule has 0 atom stereocenters. The number of nitrogen functional groups attached to an aromatic ring is 1. The number of carbonyl (C=O) groups is 1. The lowest BCUT2D eigenvalue weighted by atomic mass is 10.2. The number of nitrogens with one attached hydrogen (secondary N) is 1. The van der Waals surface area contributed by atoms with E-state index >= 15 is 0 Å². The molecule has 0 fully saturated rings. The zero-order valence-electron chi connectivity index (χ0n) is 15.9. The van der Waals surface area contributed by atoms with Crippen LogP contribution in [-0.2, 0) is 6.54 Å². The molecule has 0 radical (unpaired) electrons. The normalized spacial score (nSPS) is 10.7. The summed E-state index contributed by atoms with van der Waals surface area (Å²) in [6.45, 7) is 4.78. The van der Waals surface area contributed by atoms with E-state index in [-0.39, 0.29) is 17.4 Å². The second-order valence-corrected chi connectivity index (χ2v) is 6.40. The van der Waals surface area contributed by atoms with Crippen molar-refractivity contribution in [3.05, 3.63) is 50.9 Å². The molecule has 0 unspecified atom stereocenters. The predicted octanol–water partition coefficient (Wildman–Crippen LogP) is 2.15. The lowest BCUT2D eigenvalue weighted by Gasteiger charge is -2.24. The van der Waals surface area contributed by atoms with Gasteiger partial charge in [0.05, 0.1) is 0 Å². The summed E-state index contributed by atoms with van der Waals surface area (Å²) in [5.74, 6) is -0.317. The molecule has 8 heteroatoms. The van der Waals surface area contributed by atoms with Gasteiger partial charge in [-0.05, 0) is 25.0 Å². The second kappa shape index (κ2) is 9.70. The van der Waals surface area contributed by atoms with Crippen LogP contribution in [0.25, 0.3) is 0 Å². The van der Waals surface area contributed by atoms with E-state index in [9.17, 15) is 14.4 Å². The molecule has 2 aromatic heterocycles.